The zero-order chi connectivity index (χ0) is 16.2. The highest BCUT2D eigenvalue weighted by molar-refractivity contribution is 5.77. The van der Waals surface area contributed by atoms with E-state index in [1.165, 1.54) is 0 Å². The van der Waals surface area contributed by atoms with Crippen LogP contribution in [0.15, 0.2) is 18.2 Å². The smallest absolute Gasteiger partial charge is 0.220 e. The fraction of sp³-hybridized carbons (Fsp3) is 0.588. The molecule has 122 valence electrons. The summed E-state index contributed by atoms with van der Waals surface area (Å²) in [4.78, 5) is 12.2. The predicted molar refractivity (Wildman–Crippen MR) is 86.2 cm³/mol. The van der Waals surface area contributed by atoms with E-state index in [0.29, 0.717) is 25.3 Å². The second-order valence-electron chi connectivity index (χ2n) is 6.16. The molecule has 0 heterocycles. The van der Waals surface area contributed by atoms with Gasteiger partial charge in [0, 0.05) is 19.0 Å². The molecule has 22 heavy (non-hydrogen) atoms. The first-order valence-corrected chi connectivity index (χ1v) is 7.74. The van der Waals surface area contributed by atoms with Crippen molar-refractivity contribution in [3.63, 3.8) is 0 Å². The largest absolute Gasteiger partial charge is 0.497 e. The van der Waals surface area contributed by atoms with Gasteiger partial charge in [0.05, 0.1) is 19.8 Å². The molecule has 1 aromatic rings. The number of methoxy groups -OCH3 is 2. The van der Waals surface area contributed by atoms with Crippen molar-refractivity contribution in [1.82, 2.24) is 5.32 Å². The zero-order valence-corrected chi connectivity index (χ0v) is 13.6. The summed E-state index contributed by atoms with van der Waals surface area (Å²) in [5.74, 6) is 2.04. The van der Waals surface area contributed by atoms with E-state index in [1.807, 2.05) is 25.1 Å². The summed E-state index contributed by atoms with van der Waals surface area (Å²) >= 11 is 0. The van der Waals surface area contributed by atoms with E-state index in [9.17, 15) is 4.79 Å². The van der Waals surface area contributed by atoms with Crippen molar-refractivity contribution in [2.75, 3.05) is 20.8 Å². The van der Waals surface area contributed by atoms with Crippen molar-refractivity contribution in [2.45, 2.75) is 38.1 Å². The Bertz CT molecular complexity index is 506. The summed E-state index contributed by atoms with van der Waals surface area (Å²) in [6.45, 7) is 2.52. The quantitative estimate of drug-likeness (QED) is 0.769. The van der Waals surface area contributed by atoms with E-state index in [2.05, 4.69) is 5.32 Å². The summed E-state index contributed by atoms with van der Waals surface area (Å²) in [5, 5.41) is 3.11. The molecule has 0 aromatic heterocycles. The molecule has 1 saturated carbocycles. The van der Waals surface area contributed by atoms with Crippen molar-refractivity contribution in [3.8, 4) is 11.5 Å². The molecule has 1 amide bonds. The summed E-state index contributed by atoms with van der Waals surface area (Å²) < 4.78 is 10.5. The van der Waals surface area contributed by atoms with Gasteiger partial charge < -0.3 is 20.5 Å². The van der Waals surface area contributed by atoms with Gasteiger partial charge in [-0.05, 0) is 49.8 Å². The van der Waals surface area contributed by atoms with E-state index in [1.54, 1.807) is 14.2 Å². The first-order chi connectivity index (χ1) is 10.5. The van der Waals surface area contributed by atoms with Gasteiger partial charge >= 0.3 is 0 Å². The van der Waals surface area contributed by atoms with Gasteiger partial charge in [-0.2, -0.15) is 0 Å². The van der Waals surface area contributed by atoms with E-state index in [4.69, 9.17) is 15.2 Å². The van der Waals surface area contributed by atoms with Crippen LogP contribution >= 0.6 is 0 Å². The van der Waals surface area contributed by atoms with Gasteiger partial charge in [0.15, 0.2) is 0 Å². The van der Waals surface area contributed by atoms with Gasteiger partial charge in [0.25, 0.3) is 0 Å². The Kier molecular flexibility index (Phi) is 5.29. The van der Waals surface area contributed by atoms with Gasteiger partial charge in [-0.25, -0.2) is 0 Å². The van der Waals surface area contributed by atoms with Crippen LogP contribution in [0, 0.1) is 5.92 Å². The summed E-state index contributed by atoms with van der Waals surface area (Å²) in [6, 6.07) is 5.68. The highest BCUT2D eigenvalue weighted by Crippen LogP contribution is 2.39. The SMILES string of the molecule is COc1cc(CCC(=O)NC(C)(CN)C2CC2)cc(OC)c1. The lowest BCUT2D eigenvalue weighted by Crippen LogP contribution is -2.53. The molecule has 0 radical (unpaired) electrons. The maximum absolute atomic E-state index is 12.2. The normalized spacial score (nSPS) is 16.7. The molecule has 1 aliphatic carbocycles. The van der Waals surface area contributed by atoms with Crippen molar-refractivity contribution < 1.29 is 14.3 Å². The number of aryl methyl sites for hydroxylation is 1. The number of carbonyl (C=O) groups excluding carboxylic acids is 1. The molecule has 1 fully saturated rings. The molecule has 5 nitrogen and oxygen atoms in total. The topological polar surface area (TPSA) is 73.6 Å². The number of amides is 1. The van der Waals surface area contributed by atoms with Crippen LogP contribution in [0.3, 0.4) is 0 Å². The van der Waals surface area contributed by atoms with Crippen LogP contribution in [0.5, 0.6) is 11.5 Å². The zero-order valence-electron chi connectivity index (χ0n) is 13.6. The Hall–Kier alpha value is -1.75. The monoisotopic (exact) mass is 306 g/mol. The van der Waals surface area contributed by atoms with E-state index >= 15 is 0 Å². The van der Waals surface area contributed by atoms with Crippen LogP contribution in [0.25, 0.3) is 0 Å². The Labute approximate surface area is 132 Å². The molecule has 0 aliphatic heterocycles. The summed E-state index contributed by atoms with van der Waals surface area (Å²) in [5.41, 5.74) is 6.59. The molecule has 2 rings (SSSR count). The lowest BCUT2D eigenvalue weighted by Gasteiger charge is -2.29. The molecule has 5 heteroatoms. The van der Waals surface area contributed by atoms with Gasteiger partial charge in [0.2, 0.25) is 5.91 Å². The van der Waals surface area contributed by atoms with Gasteiger partial charge in [-0.15, -0.1) is 0 Å². The first-order valence-electron chi connectivity index (χ1n) is 7.74. The fourth-order valence-corrected chi connectivity index (χ4v) is 2.69. The number of ether oxygens (including phenoxy) is 2. The number of carbonyl (C=O) groups is 1. The molecule has 0 saturated heterocycles. The maximum Gasteiger partial charge on any atom is 0.220 e. The predicted octanol–water partition coefficient (Wildman–Crippen LogP) is 1.88. The first kappa shape index (κ1) is 16.6. The molecule has 1 aromatic carbocycles. The number of rotatable bonds is 8. The second-order valence-corrected chi connectivity index (χ2v) is 6.16. The Morgan fingerprint density at radius 3 is 2.32 bits per heavy atom. The minimum atomic E-state index is -0.261. The highest BCUT2D eigenvalue weighted by Gasteiger charge is 2.41. The second kappa shape index (κ2) is 7.01. The lowest BCUT2D eigenvalue weighted by atomic mass is 9.95. The third kappa shape index (κ3) is 4.13. The van der Waals surface area contributed by atoms with Gasteiger partial charge in [0.1, 0.15) is 11.5 Å². The minimum Gasteiger partial charge on any atom is -0.497 e. The number of nitrogens with two attached hydrogens (primary N) is 1. The molecule has 1 atom stereocenters. The highest BCUT2D eigenvalue weighted by atomic mass is 16.5. The summed E-state index contributed by atoms with van der Waals surface area (Å²) in [7, 11) is 3.24. The number of hydrogen-bond donors (Lipinski definition) is 2. The Morgan fingerprint density at radius 2 is 1.86 bits per heavy atom. The van der Waals surface area contributed by atoms with Gasteiger partial charge in [-0.3, -0.25) is 4.79 Å². The molecule has 1 aliphatic rings. The van der Waals surface area contributed by atoms with E-state index in [-0.39, 0.29) is 11.4 Å². The summed E-state index contributed by atoms with van der Waals surface area (Å²) in [6.07, 6.45) is 3.38. The third-order valence-electron chi connectivity index (χ3n) is 4.38. The molecular formula is C17H26N2O3. The number of hydrogen-bond acceptors (Lipinski definition) is 4. The van der Waals surface area contributed by atoms with Crippen molar-refractivity contribution in [1.29, 1.82) is 0 Å². The third-order valence-corrected chi connectivity index (χ3v) is 4.38. The average molecular weight is 306 g/mol. The molecule has 0 bridgehead atoms. The Balaban J connectivity index is 1.93. The van der Waals surface area contributed by atoms with Crippen LogP contribution in [-0.2, 0) is 11.2 Å². The number of nitrogens with one attached hydrogen (secondary N) is 1. The van der Waals surface area contributed by atoms with Crippen LogP contribution in [0.4, 0.5) is 0 Å². The minimum absolute atomic E-state index is 0.0432. The standard InChI is InChI=1S/C17H26N2O3/c1-17(11-18,13-5-6-13)19-16(20)7-4-12-8-14(21-2)10-15(9-12)22-3/h8-10,13H,4-7,11,18H2,1-3H3,(H,19,20). The fourth-order valence-electron chi connectivity index (χ4n) is 2.69. The maximum atomic E-state index is 12.2. The van der Waals surface area contributed by atoms with Crippen molar-refractivity contribution in [2.24, 2.45) is 11.7 Å². The van der Waals surface area contributed by atoms with E-state index in [0.717, 1.165) is 29.9 Å². The van der Waals surface area contributed by atoms with Crippen LogP contribution < -0.4 is 20.5 Å². The molecule has 0 spiro atoms. The van der Waals surface area contributed by atoms with Crippen LogP contribution in [-0.4, -0.2) is 32.2 Å². The number of benzene rings is 1. The molecule has 3 N–H and O–H groups in total. The lowest BCUT2D eigenvalue weighted by molar-refractivity contribution is -0.123. The molecule has 1 unspecified atom stereocenters. The van der Waals surface area contributed by atoms with Crippen LogP contribution in [0.2, 0.25) is 0 Å². The molecular weight excluding hydrogens is 280 g/mol. The van der Waals surface area contributed by atoms with E-state index < -0.39 is 0 Å². The Morgan fingerprint density at radius 1 is 1.27 bits per heavy atom. The van der Waals surface area contributed by atoms with Crippen molar-refractivity contribution >= 4 is 5.91 Å². The average Bonchev–Trinajstić information content (AvgIpc) is 3.37. The van der Waals surface area contributed by atoms with Crippen molar-refractivity contribution in [3.05, 3.63) is 23.8 Å². The van der Waals surface area contributed by atoms with Gasteiger partial charge in [-0.1, -0.05) is 0 Å². The van der Waals surface area contributed by atoms with Crippen LogP contribution in [0.1, 0.15) is 31.7 Å².